The molecule has 0 bridgehead atoms. The summed E-state index contributed by atoms with van der Waals surface area (Å²) in [5.74, 6) is 0.0410. The summed E-state index contributed by atoms with van der Waals surface area (Å²) in [6, 6.07) is -0.0563. The first-order valence-electron chi connectivity index (χ1n) is 5.32. The van der Waals surface area contributed by atoms with Crippen LogP contribution in [-0.2, 0) is 9.53 Å². The standard InChI is InChI=1S/C10H20N2O3/c1-7(11)3-10(14)12-4-9(5-13)15-6-8(12)2/h7-9,13H,3-6,11H2,1-2H3. The van der Waals surface area contributed by atoms with Crippen molar-refractivity contribution in [1.29, 1.82) is 0 Å². The lowest BCUT2D eigenvalue weighted by Crippen LogP contribution is -2.52. The number of hydrogen-bond acceptors (Lipinski definition) is 4. The number of aliphatic hydroxyl groups excluding tert-OH is 1. The SMILES string of the molecule is CC(N)CC(=O)N1CC(CO)OCC1C. The van der Waals surface area contributed by atoms with E-state index >= 15 is 0 Å². The highest BCUT2D eigenvalue weighted by Gasteiger charge is 2.29. The van der Waals surface area contributed by atoms with Crippen LogP contribution in [-0.4, -0.2) is 53.9 Å². The van der Waals surface area contributed by atoms with Gasteiger partial charge in [-0.05, 0) is 13.8 Å². The normalized spacial score (nSPS) is 28.9. The first-order chi connectivity index (χ1) is 7.04. The fraction of sp³-hybridized carbons (Fsp3) is 0.900. The van der Waals surface area contributed by atoms with Crippen LogP contribution in [0, 0.1) is 0 Å². The Balaban J connectivity index is 2.53. The second-order valence-corrected chi connectivity index (χ2v) is 4.21. The number of hydrogen-bond donors (Lipinski definition) is 2. The molecular weight excluding hydrogens is 196 g/mol. The van der Waals surface area contributed by atoms with E-state index in [9.17, 15) is 4.79 Å². The van der Waals surface area contributed by atoms with E-state index in [1.165, 1.54) is 0 Å². The molecule has 1 rings (SSSR count). The van der Waals surface area contributed by atoms with Gasteiger partial charge in [0.1, 0.15) is 0 Å². The van der Waals surface area contributed by atoms with Crippen molar-refractivity contribution in [3.8, 4) is 0 Å². The number of rotatable bonds is 3. The smallest absolute Gasteiger partial charge is 0.224 e. The highest BCUT2D eigenvalue weighted by molar-refractivity contribution is 5.77. The first-order valence-corrected chi connectivity index (χ1v) is 5.32. The van der Waals surface area contributed by atoms with Crippen LogP contribution >= 0.6 is 0 Å². The molecule has 0 radical (unpaired) electrons. The molecule has 1 amide bonds. The summed E-state index contributed by atoms with van der Waals surface area (Å²) in [5, 5.41) is 8.97. The second-order valence-electron chi connectivity index (χ2n) is 4.21. The van der Waals surface area contributed by atoms with Crippen LogP contribution in [0.2, 0.25) is 0 Å². The van der Waals surface area contributed by atoms with Crippen molar-refractivity contribution in [2.24, 2.45) is 5.73 Å². The molecule has 1 saturated heterocycles. The van der Waals surface area contributed by atoms with E-state index in [0.29, 0.717) is 19.6 Å². The average Bonchev–Trinajstić information content (AvgIpc) is 2.17. The largest absolute Gasteiger partial charge is 0.394 e. The molecule has 0 aromatic rings. The van der Waals surface area contributed by atoms with Crippen LogP contribution in [0.25, 0.3) is 0 Å². The van der Waals surface area contributed by atoms with E-state index in [1.54, 1.807) is 4.90 Å². The van der Waals surface area contributed by atoms with Crippen LogP contribution in [0.1, 0.15) is 20.3 Å². The maximum atomic E-state index is 11.8. The Morgan fingerprint density at radius 3 is 2.93 bits per heavy atom. The molecule has 1 heterocycles. The van der Waals surface area contributed by atoms with E-state index in [4.69, 9.17) is 15.6 Å². The molecule has 88 valence electrons. The van der Waals surface area contributed by atoms with Gasteiger partial charge < -0.3 is 20.5 Å². The Hall–Kier alpha value is -0.650. The van der Waals surface area contributed by atoms with Crippen molar-refractivity contribution in [3.63, 3.8) is 0 Å². The maximum absolute atomic E-state index is 11.8. The zero-order valence-electron chi connectivity index (χ0n) is 9.35. The van der Waals surface area contributed by atoms with Crippen molar-refractivity contribution in [1.82, 2.24) is 4.90 Å². The number of morpholine rings is 1. The van der Waals surface area contributed by atoms with E-state index in [-0.39, 0.29) is 30.7 Å². The number of nitrogens with two attached hydrogens (primary N) is 1. The third-order valence-electron chi connectivity index (χ3n) is 2.53. The van der Waals surface area contributed by atoms with Gasteiger partial charge in [-0.25, -0.2) is 0 Å². The molecule has 0 aliphatic carbocycles. The van der Waals surface area contributed by atoms with Crippen LogP contribution in [0.15, 0.2) is 0 Å². The van der Waals surface area contributed by atoms with Crippen LogP contribution in [0.5, 0.6) is 0 Å². The first kappa shape index (κ1) is 12.4. The predicted molar refractivity (Wildman–Crippen MR) is 56.3 cm³/mol. The van der Waals surface area contributed by atoms with Crippen molar-refractivity contribution >= 4 is 5.91 Å². The molecule has 0 spiro atoms. The van der Waals surface area contributed by atoms with Gasteiger partial charge in [-0.1, -0.05) is 0 Å². The predicted octanol–water partition coefficient (Wildman–Crippen LogP) is -0.668. The van der Waals surface area contributed by atoms with Gasteiger partial charge in [-0.2, -0.15) is 0 Å². The summed E-state index contributed by atoms with van der Waals surface area (Å²) in [6.07, 6.45) is 0.0981. The monoisotopic (exact) mass is 216 g/mol. The number of nitrogens with zero attached hydrogens (tertiary/aromatic N) is 1. The third kappa shape index (κ3) is 3.44. The molecule has 0 saturated carbocycles. The fourth-order valence-corrected chi connectivity index (χ4v) is 1.67. The third-order valence-corrected chi connectivity index (χ3v) is 2.53. The lowest BCUT2D eigenvalue weighted by atomic mass is 10.1. The summed E-state index contributed by atoms with van der Waals surface area (Å²) in [4.78, 5) is 13.5. The fourth-order valence-electron chi connectivity index (χ4n) is 1.67. The summed E-state index contributed by atoms with van der Waals surface area (Å²) in [5.41, 5.74) is 5.58. The molecule has 15 heavy (non-hydrogen) atoms. The minimum absolute atomic E-state index is 0.0410. The summed E-state index contributed by atoms with van der Waals surface area (Å²) in [6.45, 7) is 4.65. The summed E-state index contributed by atoms with van der Waals surface area (Å²) < 4.78 is 5.35. The highest BCUT2D eigenvalue weighted by Crippen LogP contribution is 2.13. The van der Waals surface area contributed by atoms with Crippen molar-refractivity contribution in [2.75, 3.05) is 19.8 Å². The molecule has 3 N–H and O–H groups in total. The molecule has 5 nitrogen and oxygen atoms in total. The molecule has 0 aromatic heterocycles. The molecular formula is C10H20N2O3. The van der Waals surface area contributed by atoms with Gasteiger partial charge in [0.2, 0.25) is 5.91 Å². The van der Waals surface area contributed by atoms with Gasteiger partial charge >= 0.3 is 0 Å². The Morgan fingerprint density at radius 1 is 1.73 bits per heavy atom. The minimum atomic E-state index is -0.252. The molecule has 3 atom stereocenters. The average molecular weight is 216 g/mol. The van der Waals surface area contributed by atoms with Crippen molar-refractivity contribution < 1.29 is 14.6 Å². The molecule has 1 fully saturated rings. The quantitative estimate of drug-likeness (QED) is 0.656. The Labute approximate surface area is 90.2 Å². The molecule has 1 aliphatic rings. The minimum Gasteiger partial charge on any atom is -0.394 e. The zero-order chi connectivity index (χ0) is 11.4. The Kier molecular flexibility index (Phi) is 4.50. The maximum Gasteiger partial charge on any atom is 0.224 e. The van der Waals surface area contributed by atoms with Gasteiger partial charge in [-0.15, -0.1) is 0 Å². The van der Waals surface area contributed by atoms with E-state index in [2.05, 4.69) is 0 Å². The summed E-state index contributed by atoms with van der Waals surface area (Å²) in [7, 11) is 0. The van der Waals surface area contributed by atoms with Crippen LogP contribution in [0.3, 0.4) is 0 Å². The van der Waals surface area contributed by atoms with E-state index < -0.39 is 0 Å². The van der Waals surface area contributed by atoms with Crippen LogP contribution < -0.4 is 5.73 Å². The van der Waals surface area contributed by atoms with Gasteiger partial charge in [0, 0.05) is 19.0 Å². The van der Waals surface area contributed by atoms with Gasteiger partial charge in [-0.3, -0.25) is 4.79 Å². The molecule has 1 aliphatic heterocycles. The lowest BCUT2D eigenvalue weighted by Gasteiger charge is -2.37. The Bertz CT molecular complexity index is 221. The second kappa shape index (κ2) is 5.44. The van der Waals surface area contributed by atoms with Gasteiger partial charge in [0.25, 0.3) is 0 Å². The van der Waals surface area contributed by atoms with Crippen LogP contribution in [0.4, 0.5) is 0 Å². The molecule has 3 unspecified atom stereocenters. The van der Waals surface area contributed by atoms with Gasteiger partial charge in [0.15, 0.2) is 0 Å². The topological polar surface area (TPSA) is 75.8 Å². The van der Waals surface area contributed by atoms with Gasteiger partial charge in [0.05, 0.1) is 25.4 Å². The zero-order valence-corrected chi connectivity index (χ0v) is 9.35. The molecule has 5 heteroatoms. The number of carbonyl (C=O) groups excluding carboxylic acids is 1. The number of amides is 1. The number of ether oxygens (including phenoxy) is 1. The van der Waals surface area contributed by atoms with Crippen molar-refractivity contribution in [2.45, 2.75) is 38.5 Å². The Morgan fingerprint density at radius 2 is 2.40 bits per heavy atom. The number of aliphatic hydroxyl groups is 1. The number of carbonyl (C=O) groups is 1. The highest BCUT2D eigenvalue weighted by atomic mass is 16.5. The van der Waals surface area contributed by atoms with E-state index in [1.807, 2.05) is 13.8 Å². The van der Waals surface area contributed by atoms with Crippen molar-refractivity contribution in [3.05, 3.63) is 0 Å². The summed E-state index contributed by atoms with van der Waals surface area (Å²) >= 11 is 0. The molecule has 0 aromatic carbocycles. The lowest BCUT2D eigenvalue weighted by molar-refractivity contribution is -0.146. The van der Waals surface area contributed by atoms with E-state index in [0.717, 1.165) is 0 Å².